The highest BCUT2D eigenvalue weighted by Crippen LogP contribution is 2.15. The summed E-state index contributed by atoms with van der Waals surface area (Å²) in [5.74, 6) is 1.01. The number of hydrogen-bond donors (Lipinski definition) is 2. The third-order valence-electron chi connectivity index (χ3n) is 4.04. The predicted octanol–water partition coefficient (Wildman–Crippen LogP) is 2.52. The molecule has 2 aromatic rings. The maximum absolute atomic E-state index is 12.0. The zero-order chi connectivity index (χ0) is 19.1. The lowest BCUT2D eigenvalue weighted by atomic mass is 10.2. The van der Waals surface area contributed by atoms with Gasteiger partial charge in [0, 0.05) is 56.2 Å². The van der Waals surface area contributed by atoms with Gasteiger partial charge in [0.05, 0.1) is 12.8 Å². The van der Waals surface area contributed by atoms with Crippen LogP contribution in [0.4, 0.5) is 0 Å². The fourth-order valence-corrected chi connectivity index (χ4v) is 3.17. The Balaban J connectivity index is 1.72. The van der Waals surface area contributed by atoms with E-state index in [1.165, 1.54) is 12.0 Å². The molecule has 8 heteroatoms. The van der Waals surface area contributed by atoms with Gasteiger partial charge in [-0.3, -0.25) is 9.79 Å². The molecule has 26 heavy (non-hydrogen) atoms. The molecule has 2 rings (SSSR count). The van der Waals surface area contributed by atoms with Gasteiger partial charge in [0.2, 0.25) is 0 Å². The van der Waals surface area contributed by atoms with Gasteiger partial charge in [-0.2, -0.15) is 0 Å². The van der Waals surface area contributed by atoms with E-state index in [9.17, 15) is 4.79 Å². The van der Waals surface area contributed by atoms with E-state index in [4.69, 9.17) is 4.42 Å². The van der Waals surface area contributed by atoms with Crippen LogP contribution >= 0.6 is 15.9 Å². The van der Waals surface area contributed by atoms with E-state index in [0.29, 0.717) is 18.8 Å². The molecule has 0 fully saturated rings. The number of guanidine groups is 1. The summed E-state index contributed by atoms with van der Waals surface area (Å²) in [6, 6.07) is 3.87. The first kappa shape index (κ1) is 20.1. The molecule has 0 atom stereocenters. The number of aromatic nitrogens is 1. The Morgan fingerprint density at radius 1 is 1.38 bits per heavy atom. The second kappa shape index (κ2) is 9.47. The van der Waals surface area contributed by atoms with Crippen LogP contribution in [0.2, 0.25) is 0 Å². The normalized spacial score (nSPS) is 11.5. The maximum atomic E-state index is 12.0. The van der Waals surface area contributed by atoms with Crippen LogP contribution in [-0.2, 0) is 13.6 Å². The van der Waals surface area contributed by atoms with E-state index in [0.717, 1.165) is 29.0 Å². The molecule has 2 heterocycles. The molecule has 7 nitrogen and oxygen atoms in total. The topological polar surface area (TPSA) is 74.8 Å². The van der Waals surface area contributed by atoms with Crippen LogP contribution in [0.15, 0.2) is 38.5 Å². The number of aliphatic imine (C=N–C) groups is 1. The number of rotatable bonds is 7. The van der Waals surface area contributed by atoms with Crippen LogP contribution in [0.3, 0.4) is 0 Å². The van der Waals surface area contributed by atoms with Crippen molar-refractivity contribution < 1.29 is 9.21 Å². The highest BCUT2D eigenvalue weighted by atomic mass is 79.9. The summed E-state index contributed by atoms with van der Waals surface area (Å²) < 4.78 is 8.33. The van der Waals surface area contributed by atoms with Crippen molar-refractivity contribution in [3.8, 4) is 0 Å². The first-order chi connectivity index (χ1) is 12.4. The largest absolute Gasteiger partial charge is 0.459 e. The second-order valence-corrected chi connectivity index (χ2v) is 7.05. The summed E-state index contributed by atoms with van der Waals surface area (Å²) in [6.07, 6.45) is 4.34. The Morgan fingerprint density at radius 3 is 2.69 bits per heavy atom. The zero-order valence-corrected chi connectivity index (χ0v) is 17.3. The van der Waals surface area contributed by atoms with Gasteiger partial charge in [-0.15, -0.1) is 0 Å². The summed E-state index contributed by atoms with van der Waals surface area (Å²) in [5.41, 5.74) is 2.03. The molecule has 1 amide bonds. The Kier molecular flexibility index (Phi) is 7.32. The van der Waals surface area contributed by atoms with Gasteiger partial charge in [-0.25, -0.2) is 0 Å². The first-order valence-electron chi connectivity index (χ1n) is 8.47. The van der Waals surface area contributed by atoms with Gasteiger partial charge in [-0.1, -0.05) is 0 Å². The molecule has 0 saturated carbocycles. The highest BCUT2D eigenvalue weighted by molar-refractivity contribution is 9.10. The zero-order valence-electron chi connectivity index (χ0n) is 15.7. The molecule has 0 bridgehead atoms. The van der Waals surface area contributed by atoms with Crippen LogP contribution < -0.4 is 10.6 Å². The van der Waals surface area contributed by atoms with Gasteiger partial charge in [-0.05, 0) is 41.4 Å². The summed E-state index contributed by atoms with van der Waals surface area (Å²) in [6.45, 7) is 3.88. The van der Waals surface area contributed by atoms with Crippen molar-refractivity contribution in [1.29, 1.82) is 0 Å². The lowest BCUT2D eigenvalue weighted by molar-refractivity contribution is 0.0925. The second-order valence-electron chi connectivity index (χ2n) is 6.13. The molecule has 0 aliphatic carbocycles. The minimum absolute atomic E-state index is 0.178. The molecule has 0 aliphatic heterocycles. The first-order valence-corrected chi connectivity index (χ1v) is 9.26. The van der Waals surface area contributed by atoms with E-state index >= 15 is 0 Å². The Bertz CT molecular complexity index is 765. The molecule has 0 spiro atoms. The molecule has 0 saturated heterocycles. The number of furan rings is 1. The smallest absolute Gasteiger partial charge is 0.287 e. The number of hydrogen-bond acceptors (Lipinski definition) is 3. The summed E-state index contributed by atoms with van der Waals surface area (Å²) in [7, 11) is 5.78. The molecule has 0 unspecified atom stereocenters. The Hall–Kier alpha value is -2.22. The lowest BCUT2D eigenvalue weighted by Gasteiger charge is -2.22. The molecule has 2 aromatic heterocycles. The van der Waals surface area contributed by atoms with E-state index in [2.05, 4.69) is 47.1 Å². The fraction of sp³-hybridized carbons (Fsp3) is 0.444. The maximum Gasteiger partial charge on any atom is 0.287 e. The molecular formula is C18H26BrN5O2. The van der Waals surface area contributed by atoms with Crippen LogP contribution in [0.1, 0.15) is 28.2 Å². The van der Waals surface area contributed by atoms with Gasteiger partial charge in [0.1, 0.15) is 0 Å². The molecule has 142 valence electrons. The van der Waals surface area contributed by atoms with Crippen LogP contribution in [0.5, 0.6) is 0 Å². The van der Waals surface area contributed by atoms with Crippen molar-refractivity contribution in [3.63, 3.8) is 0 Å². The molecule has 2 N–H and O–H groups in total. The average Bonchev–Trinajstić information content (AvgIpc) is 3.15. The standard InChI is InChI=1S/C18H26BrN5O2/c1-13-6-9-26-16(13)17(25)21-7-5-8-22-18(20-2)24(4)12-15-10-14(19)11-23(15)3/h6,9-11H,5,7-8,12H2,1-4H3,(H,20,22)(H,21,25). The van der Waals surface area contributed by atoms with Crippen molar-refractivity contribution in [2.45, 2.75) is 19.9 Å². The average molecular weight is 424 g/mol. The molecule has 0 aliphatic rings. The van der Waals surface area contributed by atoms with Crippen LogP contribution in [0, 0.1) is 6.92 Å². The fourth-order valence-electron chi connectivity index (χ4n) is 2.60. The van der Waals surface area contributed by atoms with Crippen molar-refractivity contribution in [1.82, 2.24) is 20.1 Å². The lowest BCUT2D eigenvalue weighted by Crippen LogP contribution is -2.40. The predicted molar refractivity (Wildman–Crippen MR) is 106 cm³/mol. The van der Waals surface area contributed by atoms with Crippen molar-refractivity contribution in [2.75, 3.05) is 27.2 Å². The van der Waals surface area contributed by atoms with E-state index < -0.39 is 0 Å². The van der Waals surface area contributed by atoms with Gasteiger partial charge < -0.3 is 24.5 Å². The van der Waals surface area contributed by atoms with Crippen LogP contribution in [0.25, 0.3) is 0 Å². The minimum atomic E-state index is -0.178. The summed E-state index contributed by atoms with van der Waals surface area (Å²) in [5, 5.41) is 6.18. The Morgan fingerprint density at radius 2 is 2.12 bits per heavy atom. The van der Waals surface area contributed by atoms with E-state index in [-0.39, 0.29) is 5.91 Å². The van der Waals surface area contributed by atoms with E-state index in [1.54, 1.807) is 13.1 Å². The number of halogens is 1. The SMILES string of the molecule is CN=C(NCCCNC(=O)c1occc1C)N(C)Cc1cc(Br)cn1C. The monoisotopic (exact) mass is 423 g/mol. The number of amides is 1. The molecule has 0 aromatic carbocycles. The summed E-state index contributed by atoms with van der Waals surface area (Å²) >= 11 is 3.49. The number of nitrogens with zero attached hydrogens (tertiary/aromatic N) is 3. The van der Waals surface area contributed by atoms with Gasteiger partial charge >= 0.3 is 0 Å². The van der Waals surface area contributed by atoms with E-state index in [1.807, 2.05) is 27.2 Å². The Labute approximate surface area is 162 Å². The van der Waals surface area contributed by atoms with Crippen molar-refractivity contribution >= 4 is 27.8 Å². The number of carbonyl (C=O) groups excluding carboxylic acids is 1. The van der Waals surface area contributed by atoms with Gasteiger partial charge in [0.15, 0.2) is 11.7 Å². The summed E-state index contributed by atoms with van der Waals surface area (Å²) in [4.78, 5) is 18.3. The number of aryl methyl sites for hydroxylation is 2. The number of carbonyl (C=O) groups is 1. The number of nitrogens with one attached hydrogen (secondary N) is 2. The molecular weight excluding hydrogens is 398 g/mol. The minimum Gasteiger partial charge on any atom is -0.459 e. The van der Waals surface area contributed by atoms with Gasteiger partial charge in [0.25, 0.3) is 5.91 Å². The third kappa shape index (κ3) is 5.39. The van der Waals surface area contributed by atoms with Crippen molar-refractivity contribution in [2.24, 2.45) is 12.0 Å². The highest BCUT2D eigenvalue weighted by Gasteiger charge is 2.12. The third-order valence-corrected chi connectivity index (χ3v) is 4.47. The quantitative estimate of drug-likeness (QED) is 0.407. The van der Waals surface area contributed by atoms with Crippen LogP contribution in [-0.4, -0.2) is 48.5 Å². The molecule has 0 radical (unpaired) electrons. The van der Waals surface area contributed by atoms with Crippen molar-refractivity contribution in [3.05, 3.63) is 46.1 Å².